The number of methoxy groups -OCH3 is 1. The first-order valence-electron chi connectivity index (χ1n) is 8.60. The minimum atomic E-state index is -0.117. The number of furan rings is 1. The van der Waals surface area contributed by atoms with E-state index in [1.54, 1.807) is 19.4 Å². The maximum Gasteiger partial charge on any atom is 0.134 e. The van der Waals surface area contributed by atoms with Gasteiger partial charge in [0.05, 0.1) is 19.1 Å². The Morgan fingerprint density at radius 1 is 1.19 bits per heavy atom. The molecule has 0 amide bonds. The first-order chi connectivity index (χ1) is 13.2. The molecule has 0 saturated heterocycles. The molecular formula is C21H16Cl2N2O2. The van der Waals surface area contributed by atoms with Gasteiger partial charge in [0.1, 0.15) is 17.6 Å². The lowest BCUT2D eigenvalue weighted by Crippen LogP contribution is -2.21. The van der Waals surface area contributed by atoms with Gasteiger partial charge in [-0.05, 0) is 42.5 Å². The quantitative estimate of drug-likeness (QED) is 0.468. The summed E-state index contributed by atoms with van der Waals surface area (Å²) < 4.78 is 13.4. The van der Waals surface area contributed by atoms with Crippen LogP contribution in [-0.2, 0) is 6.54 Å². The van der Waals surface area contributed by atoms with E-state index in [4.69, 9.17) is 32.4 Å². The smallest absolute Gasteiger partial charge is 0.134 e. The van der Waals surface area contributed by atoms with Gasteiger partial charge >= 0.3 is 0 Å². The summed E-state index contributed by atoms with van der Waals surface area (Å²) >= 11 is 12.7. The number of rotatable bonds is 2. The number of nitrogens with zero attached hydrogens (tertiary/aromatic N) is 1. The molecule has 3 heterocycles. The average molecular weight is 399 g/mol. The van der Waals surface area contributed by atoms with E-state index in [0.29, 0.717) is 16.6 Å². The van der Waals surface area contributed by atoms with Crippen molar-refractivity contribution in [2.45, 2.75) is 12.6 Å². The highest BCUT2D eigenvalue weighted by Crippen LogP contribution is 2.38. The number of hydrogen-bond donors (Lipinski definition) is 1. The first kappa shape index (κ1) is 16.8. The van der Waals surface area contributed by atoms with Crippen molar-refractivity contribution >= 4 is 34.0 Å². The lowest BCUT2D eigenvalue weighted by molar-refractivity contribution is 0.415. The molecule has 4 nitrogen and oxygen atoms in total. The van der Waals surface area contributed by atoms with Crippen molar-refractivity contribution in [1.82, 2.24) is 9.88 Å². The maximum absolute atomic E-state index is 6.48. The molecule has 136 valence electrons. The molecule has 1 atom stereocenters. The highest BCUT2D eigenvalue weighted by atomic mass is 35.5. The van der Waals surface area contributed by atoms with Crippen LogP contribution in [0.5, 0.6) is 5.75 Å². The molecule has 0 bridgehead atoms. The number of fused-ring (bicyclic) bond motifs is 4. The van der Waals surface area contributed by atoms with Crippen LogP contribution in [0, 0.1) is 0 Å². The Hall–Kier alpha value is -2.40. The van der Waals surface area contributed by atoms with Crippen molar-refractivity contribution in [2.24, 2.45) is 0 Å². The Morgan fingerprint density at radius 3 is 2.93 bits per heavy atom. The Balaban J connectivity index is 1.68. The molecule has 1 N–H and O–H groups in total. The fourth-order valence-electron chi connectivity index (χ4n) is 3.77. The van der Waals surface area contributed by atoms with Gasteiger partial charge in [0, 0.05) is 44.8 Å². The SMILES string of the molecule is COc1ccc2c(C3NCc4c(Cl)cc(Cl)cc4-n4cccc43)occ2c1. The number of ether oxygens (including phenoxy) is 1. The molecule has 27 heavy (non-hydrogen) atoms. The van der Waals surface area contributed by atoms with E-state index >= 15 is 0 Å². The van der Waals surface area contributed by atoms with E-state index in [1.165, 1.54) is 0 Å². The van der Waals surface area contributed by atoms with E-state index < -0.39 is 0 Å². The number of aromatic nitrogens is 1. The van der Waals surface area contributed by atoms with Crippen LogP contribution in [0.4, 0.5) is 0 Å². The van der Waals surface area contributed by atoms with Gasteiger partial charge in [0.15, 0.2) is 0 Å². The Kier molecular flexibility index (Phi) is 3.93. The molecule has 6 heteroatoms. The summed E-state index contributed by atoms with van der Waals surface area (Å²) in [5, 5.41) is 6.92. The van der Waals surface area contributed by atoms with Crippen LogP contribution < -0.4 is 10.1 Å². The number of nitrogens with one attached hydrogen (secondary N) is 1. The predicted molar refractivity (Wildman–Crippen MR) is 107 cm³/mol. The summed E-state index contributed by atoms with van der Waals surface area (Å²) in [6.07, 6.45) is 3.79. The molecule has 0 fully saturated rings. The molecule has 5 rings (SSSR count). The molecule has 0 radical (unpaired) electrons. The van der Waals surface area contributed by atoms with Crippen LogP contribution in [0.15, 0.2) is 59.3 Å². The van der Waals surface area contributed by atoms with Crippen LogP contribution in [0.25, 0.3) is 16.5 Å². The Bertz CT molecular complexity index is 1160. The molecule has 1 unspecified atom stereocenters. The molecular weight excluding hydrogens is 383 g/mol. The summed E-state index contributed by atoms with van der Waals surface area (Å²) in [7, 11) is 1.66. The number of benzene rings is 2. The van der Waals surface area contributed by atoms with Gasteiger partial charge in [-0.25, -0.2) is 0 Å². The molecule has 4 aromatic rings. The van der Waals surface area contributed by atoms with Crippen molar-refractivity contribution in [2.75, 3.05) is 7.11 Å². The van der Waals surface area contributed by atoms with Gasteiger partial charge in [0.2, 0.25) is 0 Å². The first-order valence-corrected chi connectivity index (χ1v) is 9.35. The summed E-state index contributed by atoms with van der Waals surface area (Å²) in [6.45, 7) is 0.607. The predicted octanol–water partition coefficient (Wildman–Crippen LogP) is 5.73. The summed E-state index contributed by atoms with van der Waals surface area (Å²) in [5.41, 5.74) is 3.07. The monoisotopic (exact) mass is 398 g/mol. The molecule has 2 aromatic carbocycles. The third kappa shape index (κ3) is 2.64. The van der Waals surface area contributed by atoms with E-state index in [-0.39, 0.29) is 6.04 Å². The highest BCUT2D eigenvalue weighted by molar-refractivity contribution is 6.35. The average Bonchev–Trinajstić information content (AvgIpc) is 3.27. The van der Waals surface area contributed by atoms with Crippen LogP contribution in [0.3, 0.4) is 0 Å². The topological polar surface area (TPSA) is 39.3 Å². The Labute approximate surface area is 166 Å². The minimum Gasteiger partial charge on any atom is -0.497 e. The van der Waals surface area contributed by atoms with Crippen molar-refractivity contribution in [3.63, 3.8) is 0 Å². The molecule has 1 aliphatic heterocycles. The largest absolute Gasteiger partial charge is 0.497 e. The van der Waals surface area contributed by atoms with E-state index in [0.717, 1.165) is 39.2 Å². The molecule has 0 saturated carbocycles. The summed E-state index contributed by atoms with van der Waals surface area (Å²) in [6, 6.07) is 13.7. The van der Waals surface area contributed by atoms with E-state index in [9.17, 15) is 0 Å². The lowest BCUT2D eigenvalue weighted by atomic mass is 10.1. The minimum absolute atomic E-state index is 0.117. The second-order valence-electron chi connectivity index (χ2n) is 6.56. The summed E-state index contributed by atoms with van der Waals surface area (Å²) in [5.74, 6) is 1.67. The van der Waals surface area contributed by atoms with Crippen molar-refractivity contribution in [1.29, 1.82) is 0 Å². The molecule has 2 aromatic heterocycles. The highest BCUT2D eigenvalue weighted by Gasteiger charge is 2.28. The van der Waals surface area contributed by atoms with Crippen molar-refractivity contribution in [3.05, 3.63) is 82.0 Å². The fraction of sp³-hybridized carbons (Fsp3) is 0.143. The molecule has 1 aliphatic rings. The second-order valence-corrected chi connectivity index (χ2v) is 7.40. The van der Waals surface area contributed by atoms with Crippen molar-refractivity contribution < 1.29 is 9.15 Å². The zero-order chi connectivity index (χ0) is 18.5. The van der Waals surface area contributed by atoms with Crippen LogP contribution >= 0.6 is 23.2 Å². The van der Waals surface area contributed by atoms with E-state index in [2.05, 4.69) is 16.0 Å². The number of hydrogen-bond acceptors (Lipinski definition) is 3. The van der Waals surface area contributed by atoms with Gasteiger partial charge in [-0.1, -0.05) is 23.2 Å². The zero-order valence-corrected chi connectivity index (χ0v) is 16.0. The van der Waals surface area contributed by atoms with E-state index in [1.807, 2.05) is 36.5 Å². The van der Waals surface area contributed by atoms with Gasteiger partial charge < -0.3 is 13.7 Å². The normalized spacial score (nSPS) is 16.0. The van der Waals surface area contributed by atoms with Crippen LogP contribution in [0.1, 0.15) is 23.1 Å². The third-order valence-corrected chi connectivity index (χ3v) is 5.61. The second kappa shape index (κ2) is 6.34. The summed E-state index contributed by atoms with van der Waals surface area (Å²) in [4.78, 5) is 0. The maximum atomic E-state index is 6.48. The van der Waals surface area contributed by atoms with Gasteiger partial charge in [-0.3, -0.25) is 5.32 Å². The van der Waals surface area contributed by atoms with Crippen molar-refractivity contribution in [3.8, 4) is 11.4 Å². The molecule has 0 spiro atoms. The van der Waals surface area contributed by atoms with Crippen LogP contribution in [-0.4, -0.2) is 11.7 Å². The lowest BCUT2D eigenvalue weighted by Gasteiger charge is -2.16. The number of halogens is 2. The fourth-order valence-corrected chi connectivity index (χ4v) is 4.32. The Morgan fingerprint density at radius 2 is 2.07 bits per heavy atom. The standard InChI is InChI=1S/C21H16Cl2N2O2/c1-26-14-4-5-15-12(7-14)11-27-21(15)20-18-3-2-6-25(18)19-9-13(22)8-17(23)16(19)10-24-20/h2-9,11,20,24H,10H2,1H3. The molecule has 0 aliphatic carbocycles. The third-order valence-electron chi connectivity index (χ3n) is 5.05. The van der Waals surface area contributed by atoms with Gasteiger partial charge in [0.25, 0.3) is 0 Å². The zero-order valence-electron chi connectivity index (χ0n) is 14.5. The van der Waals surface area contributed by atoms with Gasteiger partial charge in [-0.2, -0.15) is 0 Å². The van der Waals surface area contributed by atoms with Crippen LogP contribution in [0.2, 0.25) is 10.0 Å². The van der Waals surface area contributed by atoms with Gasteiger partial charge in [-0.15, -0.1) is 0 Å².